The van der Waals surface area contributed by atoms with E-state index in [4.69, 9.17) is 10.5 Å². The van der Waals surface area contributed by atoms with Gasteiger partial charge in [-0.05, 0) is 20.2 Å². The van der Waals surface area contributed by atoms with Crippen molar-refractivity contribution in [2.24, 2.45) is 5.73 Å². The molecule has 0 aliphatic carbocycles. The molecule has 1 heterocycles. The molecule has 1 saturated heterocycles. The van der Waals surface area contributed by atoms with Crippen molar-refractivity contribution >= 4 is 13.0 Å². The van der Waals surface area contributed by atoms with Crippen molar-refractivity contribution in [2.45, 2.75) is 32.3 Å². The van der Waals surface area contributed by atoms with Crippen molar-refractivity contribution in [3.8, 4) is 0 Å². The highest BCUT2D eigenvalue weighted by molar-refractivity contribution is 6.45. The summed E-state index contributed by atoms with van der Waals surface area (Å²) in [6.07, 6.45) is 0.559. The Morgan fingerprint density at radius 3 is 2.93 bits per heavy atom. The molecule has 0 radical (unpaired) electrons. The van der Waals surface area contributed by atoms with Gasteiger partial charge in [0.15, 0.2) is 0 Å². The fourth-order valence-corrected chi connectivity index (χ4v) is 1.78. The topological polar surface area (TPSA) is 75.8 Å². The fraction of sp³-hybridized carbons (Fsp3) is 0.875. The van der Waals surface area contributed by atoms with E-state index in [1.807, 2.05) is 0 Å². The van der Waals surface area contributed by atoms with Gasteiger partial charge in [0.05, 0.1) is 6.61 Å². The minimum absolute atomic E-state index is 0.0565. The first-order chi connectivity index (χ1) is 6.56. The lowest BCUT2D eigenvalue weighted by Gasteiger charge is -2.22. The molecule has 2 atom stereocenters. The maximum atomic E-state index is 11.5. The van der Waals surface area contributed by atoms with Crippen LogP contribution in [0.1, 0.15) is 13.3 Å². The first-order valence-corrected chi connectivity index (χ1v) is 4.92. The summed E-state index contributed by atoms with van der Waals surface area (Å²) < 4.78 is 4.91. The summed E-state index contributed by atoms with van der Waals surface area (Å²) in [4.78, 5) is 13.1. The molecule has 1 rings (SSSR count). The van der Waals surface area contributed by atoms with Crippen LogP contribution in [0.5, 0.6) is 0 Å². The molecule has 1 fully saturated rings. The lowest BCUT2D eigenvalue weighted by atomic mass is 9.84. The SMILES string of the molecule is CCOC(=O)[C@H]1C[C@H](N)CN1B(C)O. The molecule has 1 aliphatic rings. The summed E-state index contributed by atoms with van der Waals surface area (Å²) in [6.45, 7) is 4.29. The lowest BCUT2D eigenvalue weighted by Crippen LogP contribution is -2.45. The number of hydrogen-bond acceptors (Lipinski definition) is 5. The standard InChI is InChI=1S/C8H17BN2O3/c1-3-14-8(12)7-4-6(10)5-11(7)9(2)13/h6-7,13H,3-5,10H2,1-2H3/t6-,7+/m0/s1. The Labute approximate surface area is 84.3 Å². The minimum atomic E-state index is -0.655. The molecule has 5 nitrogen and oxygen atoms in total. The molecule has 6 heteroatoms. The van der Waals surface area contributed by atoms with Gasteiger partial charge in [-0.1, -0.05) is 0 Å². The highest BCUT2D eigenvalue weighted by atomic mass is 16.5. The Bertz CT molecular complexity index is 213. The highest BCUT2D eigenvalue weighted by Crippen LogP contribution is 2.18. The molecule has 1 aliphatic heterocycles. The second-order valence-corrected chi connectivity index (χ2v) is 3.59. The molecule has 0 spiro atoms. The minimum Gasteiger partial charge on any atom is -0.465 e. The van der Waals surface area contributed by atoms with Crippen LogP contribution in [0, 0.1) is 0 Å². The number of ether oxygens (including phenoxy) is 1. The molecule has 0 aromatic rings. The van der Waals surface area contributed by atoms with Crippen LogP contribution in [0.25, 0.3) is 0 Å². The average Bonchev–Trinajstić information content (AvgIpc) is 2.48. The number of esters is 1. The van der Waals surface area contributed by atoms with Gasteiger partial charge in [0.1, 0.15) is 6.04 Å². The van der Waals surface area contributed by atoms with Gasteiger partial charge >= 0.3 is 13.0 Å². The number of carbonyl (C=O) groups is 1. The normalized spacial score (nSPS) is 27.7. The fourth-order valence-electron chi connectivity index (χ4n) is 1.78. The number of rotatable bonds is 3. The molecule has 80 valence electrons. The summed E-state index contributed by atoms with van der Waals surface area (Å²) in [6, 6.07) is -0.441. The van der Waals surface area contributed by atoms with Crippen LogP contribution in [0.2, 0.25) is 6.82 Å². The van der Waals surface area contributed by atoms with Crippen LogP contribution in [0.4, 0.5) is 0 Å². The van der Waals surface area contributed by atoms with Crippen molar-refractivity contribution < 1.29 is 14.6 Å². The zero-order chi connectivity index (χ0) is 10.7. The Kier molecular flexibility index (Phi) is 3.91. The van der Waals surface area contributed by atoms with E-state index in [0.29, 0.717) is 19.6 Å². The first kappa shape index (κ1) is 11.5. The van der Waals surface area contributed by atoms with E-state index in [9.17, 15) is 9.82 Å². The van der Waals surface area contributed by atoms with Crippen LogP contribution in [-0.2, 0) is 9.53 Å². The van der Waals surface area contributed by atoms with Gasteiger partial charge in [-0.3, -0.25) is 4.79 Å². The largest absolute Gasteiger partial charge is 0.465 e. The molecule has 0 saturated carbocycles. The molecule has 0 aromatic heterocycles. The third kappa shape index (κ3) is 2.46. The van der Waals surface area contributed by atoms with Crippen LogP contribution in [-0.4, -0.2) is 48.1 Å². The summed E-state index contributed by atoms with van der Waals surface area (Å²) in [5, 5.41) is 9.42. The Morgan fingerprint density at radius 1 is 1.79 bits per heavy atom. The number of nitrogens with zero attached hydrogens (tertiary/aromatic N) is 1. The Hall–Kier alpha value is -0.585. The number of nitrogens with two attached hydrogens (primary N) is 1. The van der Waals surface area contributed by atoms with Gasteiger partial charge in [0, 0.05) is 12.6 Å². The van der Waals surface area contributed by atoms with E-state index in [-0.39, 0.29) is 18.1 Å². The maximum Gasteiger partial charge on any atom is 0.377 e. The lowest BCUT2D eigenvalue weighted by molar-refractivity contribution is -0.147. The van der Waals surface area contributed by atoms with E-state index < -0.39 is 7.05 Å². The number of carbonyl (C=O) groups excluding carboxylic acids is 1. The summed E-state index contributed by atoms with van der Waals surface area (Å²) >= 11 is 0. The van der Waals surface area contributed by atoms with Crippen molar-refractivity contribution in [1.29, 1.82) is 0 Å². The second-order valence-electron chi connectivity index (χ2n) is 3.59. The summed E-state index contributed by atoms with van der Waals surface area (Å²) in [5.74, 6) is -0.290. The van der Waals surface area contributed by atoms with Crippen molar-refractivity contribution in [2.75, 3.05) is 13.2 Å². The molecule has 14 heavy (non-hydrogen) atoms. The maximum absolute atomic E-state index is 11.5. The van der Waals surface area contributed by atoms with E-state index in [1.54, 1.807) is 18.6 Å². The second kappa shape index (κ2) is 4.77. The van der Waals surface area contributed by atoms with Crippen molar-refractivity contribution in [3.63, 3.8) is 0 Å². The van der Waals surface area contributed by atoms with E-state index in [0.717, 1.165) is 0 Å². The van der Waals surface area contributed by atoms with Gasteiger partial charge in [-0.15, -0.1) is 0 Å². The van der Waals surface area contributed by atoms with Gasteiger partial charge in [-0.2, -0.15) is 0 Å². The van der Waals surface area contributed by atoms with Crippen LogP contribution in [0.15, 0.2) is 0 Å². The summed E-state index contributed by atoms with van der Waals surface area (Å²) in [5.41, 5.74) is 5.73. The quantitative estimate of drug-likeness (QED) is 0.454. The zero-order valence-electron chi connectivity index (χ0n) is 8.64. The molecular formula is C8H17BN2O3. The van der Waals surface area contributed by atoms with E-state index >= 15 is 0 Å². The molecule has 0 unspecified atom stereocenters. The predicted octanol–water partition coefficient (Wildman–Crippen LogP) is -0.939. The first-order valence-electron chi connectivity index (χ1n) is 4.92. The molecular weight excluding hydrogens is 183 g/mol. The predicted molar refractivity (Wildman–Crippen MR) is 53.6 cm³/mol. The third-order valence-electron chi connectivity index (χ3n) is 2.41. The third-order valence-corrected chi connectivity index (χ3v) is 2.41. The Balaban J connectivity index is 2.61. The van der Waals surface area contributed by atoms with Crippen LogP contribution < -0.4 is 5.73 Å². The Morgan fingerprint density at radius 2 is 2.43 bits per heavy atom. The van der Waals surface area contributed by atoms with Crippen molar-refractivity contribution in [3.05, 3.63) is 0 Å². The van der Waals surface area contributed by atoms with Gasteiger partial charge in [0.25, 0.3) is 0 Å². The number of hydrogen-bond donors (Lipinski definition) is 2. The van der Waals surface area contributed by atoms with E-state index in [1.165, 1.54) is 0 Å². The van der Waals surface area contributed by atoms with E-state index in [2.05, 4.69) is 0 Å². The van der Waals surface area contributed by atoms with Gasteiger partial charge < -0.3 is 20.3 Å². The smallest absolute Gasteiger partial charge is 0.377 e. The molecule has 0 amide bonds. The summed E-state index contributed by atoms with van der Waals surface area (Å²) in [7, 11) is -0.655. The average molecular weight is 200 g/mol. The zero-order valence-corrected chi connectivity index (χ0v) is 8.64. The monoisotopic (exact) mass is 200 g/mol. The van der Waals surface area contributed by atoms with Gasteiger partial charge in [-0.25, -0.2) is 0 Å². The van der Waals surface area contributed by atoms with Crippen LogP contribution >= 0.6 is 0 Å². The molecule has 0 bridgehead atoms. The van der Waals surface area contributed by atoms with Crippen molar-refractivity contribution in [1.82, 2.24) is 4.81 Å². The molecule has 3 N–H and O–H groups in total. The molecule has 0 aromatic carbocycles. The van der Waals surface area contributed by atoms with Gasteiger partial charge in [0.2, 0.25) is 0 Å². The highest BCUT2D eigenvalue weighted by Gasteiger charge is 2.39. The van der Waals surface area contributed by atoms with Crippen LogP contribution in [0.3, 0.4) is 0 Å².